The number of likely N-dealkylation sites (tertiary alicyclic amines) is 1. The molecule has 1 aliphatic carbocycles. The first-order chi connectivity index (χ1) is 15.3. The SMILES string of the molecule is CN=C(C(C=N)NC(=O)c1nc(C2=CC(Cl)C(C)C=C2F)sc1N)N1CCC(CN)CC1. The third-order valence-corrected chi connectivity index (χ3v) is 7.27. The van der Waals surface area contributed by atoms with Gasteiger partial charge >= 0.3 is 0 Å². The second-order valence-electron chi connectivity index (χ2n) is 8.00. The average Bonchev–Trinajstić information content (AvgIpc) is 3.17. The number of hydrogen-bond acceptors (Lipinski definition) is 7. The lowest BCUT2D eigenvalue weighted by molar-refractivity contribution is 0.0949. The van der Waals surface area contributed by atoms with Crippen LogP contribution in [0.4, 0.5) is 9.39 Å². The molecule has 1 aromatic heterocycles. The van der Waals surface area contributed by atoms with E-state index in [0.717, 1.165) is 43.5 Å². The van der Waals surface area contributed by atoms with Gasteiger partial charge in [-0.3, -0.25) is 9.79 Å². The molecule has 1 aliphatic heterocycles. The molecule has 2 heterocycles. The van der Waals surface area contributed by atoms with Gasteiger partial charge in [-0.25, -0.2) is 9.37 Å². The molecule has 6 N–H and O–H groups in total. The summed E-state index contributed by atoms with van der Waals surface area (Å²) in [4.78, 5) is 23.6. The third-order valence-electron chi connectivity index (χ3n) is 5.83. The number of aliphatic imine (C=N–C) groups is 1. The zero-order valence-corrected chi connectivity index (χ0v) is 19.7. The number of aromatic nitrogens is 1. The molecule has 0 bridgehead atoms. The number of thiazole rings is 1. The van der Waals surface area contributed by atoms with Crippen LogP contribution in [0.2, 0.25) is 0 Å². The fourth-order valence-corrected chi connectivity index (χ4v) is 4.91. The van der Waals surface area contributed by atoms with Crippen LogP contribution in [0, 0.1) is 17.2 Å². The number of amidine groups is 1. The van der Waals surface area contributed by atoms with Crippen LogP contribution in [-0.4, -0.2) is 65.9 Å². The Labute approximate surface area is 196 Å². The molecule has 1 aromatic rings. The number of allylic oxidation sites excluding steroid dienone is 4. The van der Waals surface area contributed by atoms with Crippen molar-refractivity contribution in [3.8, 4) is 0 Å². The van der Waals surface area contributed by atoms with Crippen molar-refractivity contribution in [1.29, 1.82) is 5.41 Å². The Kier molecular flexibility index (Phi) is 8.02. The molecule has 32 heavy (non-hydrogen) atoms. The van der Waals surface area contributed by atoms with Gasteiger partial charge in [0.2, 0.25) is 0 Å². The normalized spacial score (nSPS) is 23.4. The van der Waals surface area contributed by atoms with E-state index in [1.165, 1.54) is 6.08 Å². The smallest absolute Gasteiger partial charge is 0.273 e. The van der Waals surface area contributed by atoms with E-state index in [0.29, 0.717) is 23.3 Å². The van der Waals surface area contributed by atoms with E-state index in [1.807, 2.05) is 6.92 Å². The van der Waals surface area contributed by atoms with E-state index >= 15 is 0 Å². The van der Waals surface area contributed by atoms with Gasteiger partial charge in [-0.05, 0) is 37.3 Å². The molecule has 3 rings (SSSR count). The molecule has 0 radical (unpaired) electrons. The Balaban J connectivity index is 1.75. The number of carbonyl (C=O) groups is 1. The number of hydrogen-bond donors (Lipinski definition) is 4. The van der Waals surface area contributed by atoms with E-state index in [4.69, 9.17) is 28.5 Å². The van der Waals surface area contributed by atoms with Crippen LogP contribution < -0.4 is 16.8 Å². The van der Waals surface area contributed by atoms with Gasteiger partial charge in [0.25, 0.3) is 5.91 Å². The monoisotopic (exact) mass is 481 g/mol. The number of halogens is 2. The predicted octanol–water partition coefficient (Wildman–Crippen LogP) is 2.67. The maximum atomic E-state index is 14.5. The maximum Gasteiger partial charge on any atom is 0.273 e. The highest BCUT2D eigenvalue weighted by Crippen LogP contribution is 2.37. The lowest BCUT2D eigenvalue weighted by Crippen LogP contribution is -2.52. The van der Waals surface area contributed by atoms with Gasteiger partial charge in [0.15, 0.2) is 5.69 Å². The average molecular weight is 482 g/mol. The maximum absolute atomic E-state index is 14.5. The summed E-state index contributed by atoms with van der Waals surface area (Å²) in [5, 5.41) is 10.7. The van der Waals surface area contributed by atoms with Crippen molar-refractivity contribution in [2.45, 2.75) is 31.2 Å². The number of piperidine rings is 1. The minimum absolute atomic E-state index is 0.00686. The molecule has 2 aliphatic rings. The minimum Gasteiger partial charge on any atom is -0.389 e. The number of nitrogens with one attached hydrogen (secondary N) is 2. The largest absolute Gasteiger partial charge is 0.389 e. The highest BCUT2D eigenvalue weighted by Gasteiger charge is 2.29. The first-order valence-electron chi connectivity index (χ1n) is 10.5. The highest BCUT2D eigenvalue weighted by molar-refractivity contribution is 7.17. The Hall–Kier alpha value is -2.30. The van der Waals surface area contributed by atoms with Crippen LogP contribution >= 0.6 is 22.9 Å². The summed E-state index contributed by atoms with van der Waals surface area (Å²) in [6, 6.07) is -0.731. The molecule has 0 spiro atoms. The fraction of sp³-hybridized carbons (Fsp3) is 0.524. The summed E-state index contributed by atoms with van der Waals surface area (Å²) in [6.07, 6.45) is 6.03. The summed E-state index contributed by atoms with van der Waals surface area (Å²) in [5.41, 5.74) is 12.0. The van der Waals surface area contributed by atoms with Crippen molar-refractivity contribution < 1.29 is 9.18 Å². The van der Waals surface area contributed by atoms with Gasteiger partial charge in [0.1, 0.15) is 27.7 Å². The zero-order chi connectivity index (χ0) is 23.4. The van der Waals surface area contributed by atoms with Crippen LogP contribution in [0.3, 0.4) is 0 Å². The van der Waals surface area contributed by atoms with Crippen LogP contribution in [0.15, 0.2) is 23.0 Å². The molecule has 8 nitrogen and oxygen atoms in total. The Bertz CT molecular complexity index is 952. The Morgan fingerprint density at radius 3 is 2.78 bits per heavy atom. The van der Waals surface area contributed by atoms with E-state index in [1.54, 1.807) is 13.1 Å². The number of amides is 1. The molecule has 3 unspecified atom stereocenters. The lowest BCUT2D eigenvalue weighted by Gasteiger charge is -2.35. The molecule has 1 saturated heterocycles. The number of alkyl halides is 1. The van der Waals surface area contributed by atoms with Crippen molar-refractivity contribution in [2.24, 2.45) is 22.6 Å². The summed E-state index contributed by atoms with van der Waals surface area (Å²) in [7, 11) is 1.64. The van der Waals surface area contributed by atoms with E-state index in [2.05, 4.69) is 20.2 Å². The first kappa shape index (κ1) is 24.3. The van der Waals surface area contributed by atoms with Gasteiger partial charge in [-0.1, -0.05) is 24.3 Å². The van der Waals surface area contributed by atoms with E-state index in [-0.39, 0.29) is 27.6 Å². The number of nitrogens with zero attached hydrogens (tertiary/aromatic N) is 3. The molecular weight excluding hydrogens is 453 g/mol. The summed E-state index contributed by atoms with van der Waals surface area (Å²) >= 11 is 7.27. The van der Waals surface area contributed by atoms with E-state index < -0.39 is 17.8 Å². The molecule has 11 heteroatoms. The standard InChI is InChI=1S/C21H29ClFN7OS/c1-11-7-15(23)13(8-14(11)22)21-29-17(18(26)32-21)20(31)28-16(10-25)19(27-2)30-5-3-12(9-24)4-6-30/h7-8,10-12,14,16,25H,3-6,9,24,26H2,1-2H3,(H,28,31). The number of carbonyl (C=O) groups excluding carboxylic acids is 1. The number of anilines is 1. The van der Waals surface area contributed by atoms with Crippen LogP contribution in [-0.2, 0) is 0 Å². The molecular formula is C21H29ClFN7OS. The summed E-state index contributed by atoms with van der Waals surface area (Å²) in [6.45, 7) is 3.99. The summed E-state index contributed by atoms with van der Waals surface area (Å²) < 4.78 is 14.5. The molecule has 3 atom stereocenters. The third kappa shape index (κ3) is 5.19. The molecule has 174 valence electrons. The fourth-order valence-electron chi connectivity index (χ4n) is 3.85. The second kappa shape index (κ2) is 10.5. The number of rotatable bonds is 6. The van der Waals surface area contributed by atoms with Crippen molar-refractivity contribution in [1.82, 2.24) is 15.2 Å². The first-order valence-corrected chi connectivity index (χ1v) is 11.8. The van der Waals surface area contributed by atoms with Crippen molar-refractivity contribution >= 4 is 51.5 Å². The van der Waals surface area contributed by atoms with E-state index in [9.17, 15) is 9.18 Å². The Morgan fingerprint density at radius 1 is 1.50 bits per heavy atom. The molecule has 0 saturated carbocycles. The topological polar surface area (TPSA) is 133 Å². The van der Waals surface area contributed by atoms with Crippen LogP contribution in [0.1, 0.15) is 35.3 Å². The summed E-state index contributed by atoms with van der Waals surface area (Å²) in [5.74, 6) is -0.0529. The van der Waals surface area contributed by atoms with Crippen molar-refractivity contribution in [3.05, 3.63) is 28.7 Å². The van der Waals surface area contributed by atoms with Crippen LogP contribution in [0.5, 0.6) is 0 Å². The lowest BCUT2D eigenvalue weighted by atomic mass is 9.96. The van der Waals surface area contributed by atoms with Gasteiger partial charge in [0, 0.05) is 31.9 Å². The highest BCUT2D eigenvalue weighted by atomic mass is 35.5. The van der Waals surface area contributed by atoms with Crippen molar-refractivity contribution in [2.75, 3.05) is 32.4 Å². The quantitative estimate of drug-likeness (QED) is 0.281. The van der Waals surface area contributed by atoms with Gasteiger partial charge < -0.3 is 27.1 Å². The Morgan fingerprint density at radius 2 is 2.19 bits per heavy atom. The molecule has 1 amide bonds. The van der Waals surface area contributed by atoms with Gasteiger partial charge in [-0.2, -0.15) is 0 Å². The minimum atomic E-state index is -0.731. The molecule has 1 fully saturated rings. The van der Waals surface area contributed by atoms with Crippen molar-refractivity contribution in [3.63, 3.8) is 0 Å². The number of nitrogens with two attached hydrogens (primary N) is 2. The van der Waals surface area contributed by atoms with Crippen LogP contribution in [0.25, 0.3) is 5.57 Å². The number of nitrogen functional groups attached to an aromatic ring is 1. The van der Waals surface area contributed by atoms with Gasteiger partial charge in [0.05, 0.1) is 5.38 Å². The second-order valence-corrected chi connectivity index (χ2v) is 9.53. The van der Waals surface area contributed by atoms with Gasteiger partial charge in [-0.15, -0.1) is 11.6 Å². The molecule has 0 aromatic carbocycles. The predicted molar refractivity (Wildman–Crippen MR) is 129 cm³/mol. The zero-order valence-electron chi connectivity index (χ0n) is 18.1.